The number of hydrogen-bond acceptors (Lipinski definition) is 0. The molecule has 32 heavy (non-hydrogen) atoms. The van der Waals surface area contributed by atoms with Crippen LogP contribution >= 0.6 is 166 Å². The van der Waals surface area contributed by atoms with Gasteiger partial charge in [0, 0.05) is 49.0 Å². The molecule has 0 nitrogen and oxygen atoms in total. The summed E-state index contributed by atoms with van der Waals surface area (Å²) in [5, 5.41) is 0. The van der Waals surface area contributed by atoms with Gasteiger partial charge in [-0.1, -0.05) is 53.2 Å². The maximum absolute atomic E-state index is 5.99. The Balaban J connectivity index is -0.0000000227. The second kappa shape index (κ2) is 61.3. The van der Waals surface area contributed by atoms with Crippen LogP contribution in [0.15, 0.2) is 25.3 Å². The monoisotopic (exact) mass is 1300 g/mol. The SMILES string of the molecule is C.C.C=CC.C=CCCl.C[SiH](C)Cl.C[Si](C)(Cl)CCCCl.C[Si](C)(Cl)Cl.I.II.I[I-]I. The topological polar surface area (TPSA) is 0 Å². The zero-order chi connectivity index (χ0) is 25.5. The molecule has 0 spiro atoms. The number of rotatable bonds is 4. The van der Waals surface area contributed by atoms with Gasteiger partial charge < -0.3 is 0 Å². The third-order valence-corrected chi connectivity index (χ3v) is 3.61. The zero-order valence-electron chi connectivity index (χ0n) is 18.5. The standard InChI is InChI=1S/C5H12Cl2Si.C3H5Cl.C3H6.C2H6Cl2Si.C2H7ClSi.2CH4.I3.I2.HI/c1-8(2,7)5-3-4-6;1-2-3-4;1-3-2;1-5(2,3)4;1-4(2)3;;;1-3-2;1-2;/h3-5H2,1-2H3;2H,1,3H2;3H,1H2,2H3;1-2H3;4H,1-2H3;2*1H4;;;1H/q;;;;;;;-1;;. The second-order valence-electron chi connectivity index (χ2n) is 5.76. The van der Waals surface area contributed by atoms with Gasteiger partial charge in [0.2, 0.25) is 6.69 Å². The first-order valence-electron chi connectivity index (χ1n) is 8.06. The Hall–Kier alpha value is 6.25. The van der Waals surface area contributed by atoms with Gasteiger partial charge >= 0.3 is 50.5 Å². The van der Waals surface area contributed by atoms with Gasteiger partial charge in [-0.05, 0) is 32.5 Å². The average Bonchev–Trinajstić information content (AvgIpc) is 2.54. The van der Waals surface area contributed by atoms with E-state index in [2.05, 4.69) is 114 Å². The molecule has 0 aromatic heterocycles. The van der Waals surface area contributed by atoms with Crippen molar-refractivity contribution in [2.75, 3.05) is 11.8 Å². The van der Waals surface area contributed by atoms with Crippen molar-refractivity contribution >= 4 is 188 Å². The summed E-state index contributed by atoms with van der Waals surface area (Å²) in [7, 11) is -1.96. The molecule has 0 N–H and O–H groups in total. The van der Waals surface area contributed by atoms with Crippen molar-refractivity contribution in [1.29, 1.82) is 0 Å². The number of halogens is 12. The van der Waals surface area contributed by atoms with E-state index in [0.29, 0.717) is 19.1 Å². The molecule has 0 aliphatic carbocycles. The third kappa shape index (κ3) is 300. The fourth-order valence-electron chi connectivity index (χ4n) is 0.487. The molecular formula is C17H45Cl6I6Si3-. The van der Waals surface area contributed by atoms with E-state index in [-0.39, 0.29) is 38.8 Å². The van der Waals surface area contributed by atoms with Crippen molar-refractivity contribution in [3.8, 4) is 0 Å². The molecule has 0 unspecified atom stereocenters. The predicted molar refractivity (Wildman–Crippen MR) is 219 cm³/mol. The molecule has 0 heterocycles. The van der Waals surface area contributed by atoms with E-state index >= 15 is 0 Å². The van der Waals surface area contributed by atoms with Crippen LogP contribution in [0.2, 0.25) is 45.3 Å². The molecule has 0 rings (SSSR count). The maximum atomic E-state index is 5.99. The fraction of sp³-hybridized carbons (Fsp3) is 0.765. The van der Waals surface area contributed by atoms with Crippen LogP contribution in [0.5, 0.6) is 0 Å². The van der Waals surface area contributed by atoms with E-state index in [1.807, 2.05) is 20.0 Å². The summed E-state index contributed by atoms with van der Waals surface area (Å²) in [5.41, 5.74) is 0. The summed E-state index contributed by atoms with van der Waals surface area (Å²) in [6.45, 7) is 19.1. The Morgan fingerprint density at radius 3 is 1.12 bits per heavy atom. The van der Waals surface area contributed by atoms with Gasteiger partial charge in [-0.3, -0.25) is 0 Å². The number of allylic oxidation sites excluding steroid dienone is 2. The van der Waals surface area contributed by atoms with Crippen LogP contribution in [-0.2, 0) is 0 Å². The average molecular weight is 1310 g/mol. The zero-order valence-corrected chi connectivity index (χ0v) is 39.3. The van der Waals surface area contributed by atoms with E-state index in [1.54, 1.807) is 12.2 Å². The number of alkyl halides is 2. The Labute approximate surface area is 305 Å². The molecule has 0 amide bonds. The van der Waals surface area contributed by atoms with Crippen LogP contribution in [0, 0.1) is 0 Å². The number of hydrogen-bond donors (Lipinski definition) is 0. The van der Waals surface area contributed by atoms with Crippen LogP contribution in [0.3, 0.4) is 0 Å². The minimum absolute atomic E-state index is 0. The first-order chi connectivity index (χ1) is 13.0. The Morgan fingerprint density at radius 2 is 1.09 bits per heavy atom. The van der Waals surface area contributed by atoms with Crippen LogP contribution in [0.25, 0.3) is 0 Å². The summed E-state index contributed by atoms with van der Waals surface area (Å²) in [4.78, 5) is 0. The third-order valence-electron chi connectivity index (χ3n) is 1.01. The van der Waals surface area contributed by atoms with Crippen molar-refractivity contribution in [3.63, 3.8) is 0 Å². The fourth-order valence-corrected chi connectivity index (χ4v) is 2.26. The first kappa shape index (κ1) is 66.5. The quantitative estimate of drug-likeness (QED) is 0.0865. The van der Waals surface area contributed by atoms with Crippen molar-refractivity contribution in [2.24, 2.45) is 0 Å². The molecular weight excluding hydrogens is 1260 g/mol. The van der Waals surface area contributed by atoms with Crippen LogP contribution in [0.1, 0.15) is 28.2 Å². The van der Waals surface area contributed by atoms with Crippen LogP contribution < -0.4 is 13.3 Å². The van der Waals surface area contributed by atoms with Gasteiger partial charge in [-0.25, -0.2) is 0 Å². The van der Waals surface area contributed by atoms with Crippen LogP contribution in [0.4, 0.5) is 0 Å². The summed E-state index contributed by atoms with van der Waals surface area (Å²) in [6.07, 6.45) is 4.46. The van der Waals surface area contributed by atoms with Gasteiger partial charge in [0.05, 0.1) is 0 Å². The Bertz CT molecular complexity index is 265. The second-order valence-corrected chi connectivity index (χ2v) is 43.2. The van der Waals surface area contributed by atoms with Gasteiger partial charge in [0.25, 0.3) is 0 Å². The molecule has 0 saturated carbocycles. The molecule has 0 aliphatic rings. The molecule has 210 valence electrons. The van der Waals surface area contributed by atoms with E-state index in [9.17, 15) is 0 Å². The van der Waals surface area contributed by atoms with Crippen molar-refractivity contribution in [2.45, 2.75) is 73.5 Å². The molecule has 0 bridgehead atoms. The first-order valence-corrected chi connectivity index (χ1v) is 41.3. The molecule has 0 saturated heterocycles. The molecule has 0 radical (unpaired) electrons. The molecule has 0 fully saturated rings. The molecule has 0 aromatic carbocycles. The molecule has 0 aliphatic heterocycles. The van der Waals surface area contributed by atoms with Crippen molar-refractivity contribution < 1.29 is 13.3 Å². The van der Waals surface area contributed by atoms with E-state index in [0.717, 1.165) is 18.3 Å². The summed E-state index contributed by atoms with van der Waals surface area (Å²) >= 11 is 42.4. The Morgan fingerprint density at radius 1 is 0.938 bits per heavy atom. The van der Waals surface area contributed by atoms with Crippen molar-refractivity contribution in [3.05, 3.63) is 25.3 Å². The van der Waals surface area contributed by atoms with E-state index < -0.39 is 22.2 Å². The molecule has 0 atom stereocenters. The Kier molecular flexibility index (Phi) is 127. The van der Waals surface area contributed by atoms with Gasteiger partial charge in [-0.15, -0.1) is 82.5 Å². The summed E-state index contributed by atoms with van der Waals surface area (Å²) < 4.78 is 0. The van der Waals surface area contributed by atoms with Gasteiger partial charge in [-0.2, -0.15) is 22.2 Å². The van der Waals surface area contributed by atoms with Gasteiger partial charge in [0.1, 0.15) is 8.11 Å². The summed E-state index contributed by atoms with van der Waals surface area (Å²) in [5.74, 6) is 1.31. The summed E-state index contributed by atoms with van der Waals surface area (Å²) in [6, 6.07) is 1.14. The molecule has 0 aromatic rings. The minimum atomic E-state index is -1.67. The predicted octanol–water partition coefficient (Wildman–Crippen LogP) is 11.5. The van der Waals surface area contributed by atoms with Gasteiger partial charge in [0.15, 0.2) is 7.38 Å². The van der Waals surface area contributed by atoms with Crippen LogP contribution in [-0.4, -0.2) is 33.9 Å². The molecule has 15 heteroatoms. The van der Waals surface area contributed by atoms with E-state index in [4.69, 9.17) is 67.5 Å². The van der Waals surface area contributed by atoms with Crippen molar-refractivity contribution in [1.82, 2.24) is 0 Å². The normalized spacial score (nSPS) is 8.06. The van der Waals surface area contributed by atoms with E-state index in [1.165, 1.54) is 0 Å².